The van der Waals surface area contributed by atoms with E-state index in [0.717, 1.165) is 43.7 Å². The number of nitrogens with zero attached hydrogens (tertiary/aromatic N) is 1. The van der Waals surface area contributed by atoms with Crippen LogP contribution in [0.4, 0.5) is 0 Å². The summed E-state index contributed by atoms with van der Waals surface area (Å²) in [5.41, 5.74) is 6.09. The molecule has 0 radical (unpaired) electrons. The molecule has 4 aromatic rings. The lowest BCUT2D eigenvalue weighted by molar-refractivity contribution is 0.450. The van der Waals surface area contributed by atoms with Crippen LogP contribution in [0.1, 0.15) is 31.2 Å². The molecular weight excluding hydrogens is 308 g/mol. The molecule has 0 spiro atoms. The van der Waals surface area contributed by atoms with Crippen LogP contribution in [0.3, 0.4) is 0 Å². The normalized spacial score (nSPS) is 11.9. The quantitative estimate of drug-likeness (QED) is 0.487. The SMILES string of the molecule is Cc1noc2ccc(-c3cc4[nH]c(C(C)C)cc4cc3Cl)cc12. The number of hydrogen-bond acceptors (Lipinski definition) is 2. The zero-order valence-electron chi connectivity index (χ0n) is 13.3. The van der Waals surface area contributed by atoms with E-state index in [-0.39, 0.29) is 0 Å². The molecule has 0 saturated heterocycles. The van der Waals surface area contributed by atoms with Crippen LogP contribution in [0.15, 0.2) is 40.9 Å². The molecule has 0 aliphatic heterocycles. The lowest BCUT2D eigenvalue weighted by Gasteiger charge is -2.05. The lowest BCUT2D eigenvalue weighted by atomic mass is 10.0. The minimum absolute atomic E-state index is 0.459. The van der Waals surface area contributed by atoms with Gasteiger partial charge in [-0.1, -0.05) is 36.7 Å². The van der Waals surface area contributed by atoms with Crippen molar-refractivity contribution in [3.05, 3.63) is 52.8 Å². The van der Waals surface area contributed by atoms with Gasteiger partial charge < -0.3 is 9.51 Å². The third-order valence-electron chi connectivity index (χ3n) is 4.31. The number of aryl methyl sites for hydroxylation is 1. The number of hydrogen-bond donors (Lipinski definition) is 1. The fraction of sp³-hybridized carbons (Fsp3) is 0.211. The van der Waals surface area contributed by atoms with Crippen molar-refractivity contribution in [1.82, 2.24) is 10.1 Å². The van der Waals surface area contributed by atoms with Gasteiger partial charge in [-0.2, -0.15) is 0 Å². The Kier molecular flexibility index (Phi) is 3.20. The van der Waals surface area contributed by atoms with Crippen molar-refractivity contribution in [2.45, 2.75) is 26.7 Å². The number of aromatic nitrogens is 2. The molecule has 4 heteroatoms. The number of H-pyrrole nitrogens is 1. The molecule has 0 bridgehead atoms. The molecule has 1 N–H and O–H groups in total. The summed E-state index contributed by atoms with van der Waals surface area (Å²) in [5, 5.41) is 6.93. The first-order chi connectivity index (χ1) is 11.0. The average molecular weight is 325 g/mol. The van der Waals surface area contributed by atoms with Crippen LogP contribution in [0.5, 0.6) is 0 Å². The van der Waals surface area contributed by atoms with Crippen molar-refractivity contribution >= 4 is 33.5 Å². The highest BCUT2D eigenvalue weighted by Gasteiger charge is 2.12. The van der Waals surface area contributed by atoms with Crippen LogP contribution in [0.2, 0.25) is 5.02 Å². The fourth-order valence-corrected chi connectivity index (χ4v) is 3.22. The molecule has 2 aromatic carbocycles. The smallest absolute Gasteiger partial charge is 0.167 e. The van der Waals surface area contributed by atoms with Crippen molar-refractivity contribution in [2.24, 2.45) is 0 Å². The van der Waals surface area contributed by atoms with Gasteiger partial charge in [-0.15, -0.1) is 0 Å². The molecular formula is C19H17ClN2O. The van der Waals surface area contributed by atoms with E-state index >= 15 is 0 Å². The number of rotatable bonds is 2. The van der Waals surface area contributed by atoms with Gasteiger partial charge in [-0.3, -0.25) is 0 Å². The van der Waals surface area contributed by atoms with E-state index in [9.17, 15) is 0 Å². The zero-order valence-corrected chi connectivity index (χ0v) is 14.0. The maximum Gasteiger partial charge on any atom is 0.167 e. The Morgan fingerprint density at radius 1 is 1.13 bits per heavy atom. The zero-order chi connectivity index (χ0) is 16.1. The lowest BCUT2D eigenvalue weighted by Crippen LogP contribution is -1.85. The summed E-state index contributed by atoms with van der Waals surface area (Å²) in [5.74, 6) is 0.459. The van der Waals surface area contributed by atoms with Crippen molar-refractivity contribution in [1.29, 1.82) is 0 Å². The van der Waals surface area contributed by atoms with E-state index in [1.165, 1.54) is 5.69 Å². The highest BCUT2D eigenvalue weighted by Crippen LogP contribution is 2.35. The van der Waals surface area contributed by atoms with Crippen molar-refractivity contribution < 1.29 is 4.52 Å². The van der Waals surface area contributed by atoms with Gasteiger partial charge in [0, 0.05) is 32.6 Å². The predicted octanol–water partition coefficient (Wildman–Crippen LogP) is 6.06. The Morgan fingerprint density at radius 2 is 1.96 bits per heavy atom. The molecule has 0 saturated carbocycles. The van der Waals surface area contributed by atoms with E-state index in [0.29, 0.717) is 5.92 Å². The molecule has 0 aliphatic carbocycles. The molecule has 3 nitrogen and oxygen atoms in total. The number of halogens is 1. The third kappa shape index (κ3) is 2.32. The van der Waals surface area contributed by atoms with Gasteiger partial charge in [0.25, 0.3) is 0 Å². The average Bonchev–Trinajstić information content (AvgIpc) is 3.10. The number of fused-ring (bicyclic) bond motifs is 2. The minimum atomic E-state index is 0.459. The first kappa shape index (κ1) is 14.3. The van der Waals surface area contributed by atoms with Gasteiger partial charge in [0.05, 0.1) is 5.69 Å². The summed E-state index contributed by atoms with van der Waals surface area (Å²) < 4.78 is 5.28. The van der Waals surface area contributed by atoms with Gasteiger partial charge in [0.1, 0.15) is 0 Å². The highest BCUT2D eigenvalue weighted by molar-refractivity contribution is 6.34. The van der Waals surface area contributed by atoms with Gasteiger partial charge in [0.15, 0.2) is 5.58 Å². The molecule has 0 aliphatic rings. The van der Waals surface area contributed by atoms with Gasteiger partial charge in [0.2, 0.25) is 0 Å². The summed E-state index contributed by atoms with van der Waals surface area (Å²) in [6.07, 6.45) is 0. The molecule has 2 heterocycles. The van der Waals surface area contributed by atoms with E-state index < -0.39 is 0 Å². The number of nitrogens with one attached hydrogen (secondary N) is 1. The fourth-order valence-electron chi connectivity index (χ4n) is 2.93. The third-order valence-corrected chi connectivity index (χ3v) is 4.63. The van der Waals surface area contributed by atoms with E-state index in [1.54, 1.807) is 0 Å². The number of benzene rings is 2. The Morgan fingerprint density at radius 3 is 2.74 bits per heavy atom. The van der Waals surface area contributed by atoms with Crippen LogP contribution in [0, 0.1) is 6.92 Å². The van der Waals surface area contributed by atoms with Crippen LogP contribution in [-0.2, 0) is 0 Å². The van der Waals surface area contributed by atoms with Crippen LogP contribution < -0.4 is 0 Å². The van der Waals surface area contributed by atoms with Crippen LogP contribution >= 0.6 is 11.6 Å². The van der Waals surface area contributed by atoms with Crippen molar-refractivity contribution in [2.75, 3.05) is 0 Å². The monoisotopic (exact) mass is 324 g/mol. The van der Waals surface area contributed by atoms with E-state index in [4.69, 9.17) is 16.1 Å². The van der Waals surface area contributed by atoms with Gasteiger partial charge >= 0.3 is 0 Å². The Bertz CT molecular complexity index is 1030. The second-order valence-corrected chi connectivity index (χ2v) is 6.68. The molecule has 2 aromatic heterocycles. The first-order valence-corrected chi connectivity index (χ1v) is 8.09. The molecule has 23 heavy (non-hydrogen) atoms. The largest absolute Gasteiger partial charge is 0.358 e. The maximum atomic E-state index is 6.54. The second-order valence-electron chi connectivity index (χ2n) is 6.28. The summed E-state index contributed by atoms with van der Waals surface area (Å²) in [6.45, 7) is 6.30. The Hall–Kier alpha value is -2.26. The van der Waals surface area contributed by atoms with Crippen LogP contribution in [-0.4, -0.2) is 10.1 Å². The van der Waals surface area contributed by atoms with Gasteiger partial charge in [-0.25, -0.2) is 0 Å². The number of aromatic amines is 1. The summed E-state index contributed by atoms with van der Waals surface area (Å²) in [7, 11) is 0. The molecule has 0 atom stereocenters. The van der Waals surface area contributed by atoms with Gasteiger partial charge in [-0.05, 0) is 48.7 Å². The topological polar surface area (TPSA) is 41.8 Å². The van der Waals surface area contributed by atoms with Crippen molar-refractivity contribution in [3.8, 4) is 11.1 Å². The molecule has 0 amide bonds. The molecule has 0 unspecified atom stereocenters. The Labute approximate surface area is 139 Å². The first-order valence-electron chi connectivity index (χ1n) is 7.71. The van der Waals surface area contributed by atoms with Crippen molar-refractivity contribution in [3.63, 3.8) is 0 Å². The highest BCUT2D eigenvalue weighted by atomic mass is 35.5. The Balaban J connectivity index is 1.91. The molecule has 116 valence electrons. The summed E-state index contributed by atoms with van der Waals surface area (Å²) in [4.78, 5) is 3.49. The maximum absolute atomic E-state index is 6.54. The van der Waals surface area contributed by atoms with Crippen LogP contribution in [0.25, 0.3) is 33.0 Å². The minimum Gasteiger partial charge on any atom is -0.358 e. The van der Waals surface area contributed by atoms with E-state index in [1.807, 2.05) is 25.1 Å². The summed E-state index contributed by atoms with van der Waals surface area (Å²) >= 11 is 6.54. The molecule has 4 rings (SSSR count). The second kappa shape index (κ2) is 5.14. The molecule has 0 fully saturated rings. The standard InChI is InChI=1S/C19H17ClN2O/c1-10(2)17-8-13-7-16(20)15(9-18(13)21-17)12-4-5-19-14(6-12)11(3)22-23-19/h4-10,21H,1-3H3. The summed E-state index contributed by atoms with van der Waals surface area (Å²) in [6, 6.07) is 12.4. The predicted molar refractivity (Wildman–Crippen MR) is 95.1 cm³/mol. The van der Waals surface area contributed by atoms with E-state index in [2.05, 4.69) is 42.2 Å².